The summed E-state index contributed by atoms with van der Waals surface area (Å²) >= 11 is 3.29. The van der Waals surface area contributed by atoms with E-state index in [-0.39, 0.29) is 24.0 Å². The van der Waals surface area contributed by atoms with Gasteiger partial charge in [-0.3, -0.25) is 23.3 Å². The molecule has 0 bridgehead atoms. The summed E-state index contributed by atoms with van der Waals surface area (Å²) in [7, 11) is 2.94. The molecule has 3 heterocycles. The zero-order valence-electron chi connectivity index (χ0n) is 15.3. The number of rotatable bonds is 3. The van der Waals surface area contributed by atoms with Crippen molar-refractivity contribution in [3.8, 4) is 5.75 Å². The number of aromatic nitrogens is 4. The smallest absolute Gasteiger partial charge is 0.332 e. The molecule has 1 atom stereocenters. The van der Waals surface area contributed by atoms with Crippen LogP contribution in [0.15, 0.2) is 38.6 Å². The maximum absolute atomic E-state index is 12.7. The van der Waals surface area contributed by atoms with Gasteiger partial charge in [0, 0.05) is 26.1 Å². The molecular weight excluding hydrogens is 430 g/mol. The summed E-state index contributed by atoms with van der Waals surface area (Å²) in [6, 6.07) is 7.42. The third-order valence-corrected chi connectivity index (χ3v) is 5.49. The van der Waals surface area contributed by atoms with Gasteiger partial charge in [-0.1, -0.05) is 18.2 Å². The molecule has 28 heavy (non-hydrogen) atoms. The molecule has 2 aromatic heterocycles. The lowest BCUT2D eigenvalue weighted by Crippen LogP contribution is -2.38. The Hall–Kier alpha value is -2.88. The molecule has 0 spiro atoms. The van der Waals surface area contributed by atoms with E-state index in [1.165, 1.54) is 16.2 Å². The standard InChI is InChI=1S/C18H18BrN5O4/c1-22-15-14(16(26)23(2)18(22)27)21-17(19)24(15)9-13(25)20-11-7-8-28-12-6-4-3-5-10(11)12/h3-6,11H,7-9H2,1-2H3,(H,20,25). The van der Waals surface area contributed by atoms with Crippen LogP contribution in [0, 0.1) is 0 Å². The van der Waals surface area contributed by atoms with Gasteiger partial charge in [0.15, 0.2) is 15.9 Å². The van der Waals surface area contributed by atoms with Crippen molar-refractivity contribution in [2.45, 2.75) is 19.0 Å². The molecule has 1 aromatic carbocycles. The third-order valence-electron chi connectivity index (χ3n) is 4.89. The number of amides is 1. The number of imidazole rings is 1. The average Bonchev–Trinajstić information content (AvgIpc) is 3.01. The molecule has 4 rings (SSSR count). The normalized spacial score (nSPS) is 15.9. The Balaban J connectivity index is 1.66. The molecule has 3 aromatic rings. The van der Waals surface area contributed by atoms with Crippen molar-refractivity contribution in [3.63, 3.8) is 0 Å². The van der Waals surface area contributed by atoms with E-state index < -0.39 is 11.2 Å². The second-order valence-electron chi connectivity index (χ2n) is 6.64. The van der Waals surface area contributed by atoms with E-state index in [0.29, 0.717) is 23.4 Å². The summed E-state index contributed by atoms with van der Waals surface area (Å²) in [6.07, 6.45) is 0.660. The van der Waals surface area contributed by atoms with Gasteiger partial charge in [-0.2, -0.15) is 0 Å². The predicted molar refractivity (Wildman–Crippen MR) is 105 cm³/mol. The number of hydrogen-bond donors (Lipinski definition) is 1. The van der Waals surface area contributed by atoms with Crippen LogP contribution in [0.4, 0.5) is 0 Å². The summed E-state index contributed by atoms with van der Waals surface area (Å²) in [6.45, 7) is 0.432. The van der Waals surface area contributed by atoms with Gasteiger partial charge in [-0.15, -0.1) is 0 Å². The van der Waals surface area contributed by atoms with Gasteiger partial charge in [-0.05, 0) is 22.0 Å². The Morgan fingerprint density at radius 3 is 2.82 bits per heavy atom. The van der Waals surface area contributed by atoms with Crippen LogP contribution in [0.2, 0.25) is 0 Å². The van der Waals surface area contributed by atoms with E-state index >= 15 is 0 Å². The molecule has 1 amide bonds. The summed E-state index contributed by atoms with van der Waals surface area (Å²) in [5.74, 6) is 0.508. The predicted octanol–water partition coefficient (Wildman–Crippen LogP) is 0.836. The topological polar surface area (TPSA) is 100 Å². The molecule has 1 N–H and O–H groups in total. The highest BCUT2D eigenvalue weighted by molar-refractivity contribution is 9.10. The Bertz CT molecular complexity index is 1210. The minimum absolute atomic E-state index is 0.0863. The fourth-order valence-electron chi connectivity index (χ4n) is 3.48. The summed E-state index contributed by atoms with van der Waals surface area (Å²) in [5, 5.41) is 3.01. The highest BCUT2D eigenvalue weighted by Gasteiger charge is 2.24. The molecule has 1 aliphatic rings. The Morgan fingerprint density at radius 2 is 2.04 bits per heavy atom. The number of carbonyl (C=O) groups excluding carboxylic acids is 1. The van der Waals surface area contributed by atoms with Gasteiger partial charge < -0.3 is 10.1 Å². The van der Waals surface area contributed by atoms with Crippen molar-refractivity contribution in [1.82, 2.24) is 24.0 Å². The molecular formula is C18H18BrN5O4. The highest BCUT2D eigenvalue weighted by atomic mass is 79.9. The van der Waals surface area contributed by atoms with E-state index in [1.807, 2.05) is 24.3 Å². The second-order valence-corrected chi connectivity index (χ2v) is 7.35. The van der Waals surface area contributed by atoms with Crippen LogP contribution in [0.3, 0.4) is 0 Å². The van der Waals surface area contributed by atoms with Gasteiger partial charge in [0.25, 0.3) is 5.56 Å². The summed E-state index contributed by atoms with van der Waals surface area (Å²) < 4.78 is 9.75. The largest absolute Gasteiger partial charge is 0.493 e. The van der Waals surface area contributed by atoms with Crippen molar-refractivity contribution in [3.05, 3.63) is 55.4 Å². The lowest BCUT2D eigenvalue weighted by molar-refractivity contribution is -0.122. The number of carbonyl (C=O) groups is 1. The first-order chi connectivity index (χ1) is 13.4. The van der Waals surface area contributed by atoms with E-state index in [2.05, 4.69) is 26.2 Å². The molecule has 0 saturated carbocycles. The summed E-state index contributed by atoms with van der Waals surface area (Å²) in [4.78, 5) is 41.5. The van der Waals surface area contributed by atoms with Gasteiger partial charge in [0.2, 0.25) is 5.91 Å². The molecule has 0 fully saturated rings. The maximum Gasteiger partial charge on any atom is 0.332 e. The fraction of sp³-hybridized carbons (Fsp3) is 0.333. The highest BCUT2D eigenvalue weighted by Crippen LogP contribution is 2.31. The number of halogens is 1. The molecule has 0 radical (unpaired) electrons. The van der Waals surface area contributed by atoms with Crippen molar-refractivity contribution >= 4 is 33.0 Å². The van der Waals surface area contributed by atoms with Crippen LogP contribution in [0.1, 0.15) is 18.0 Å². The van der Waals surface area contributed by atoms with E-state index in [0.717, 1.165) is 15.9 Å². The first kappa shape index (κ1) is 18.5. The quantitative estimate of drug-likeness (QED) is 0.599. The number of ether oxygens (including phenoxy) is 1. The lowest BCUT2D eigenvalue weighted by atomic mass is 10.0. The van der Waals surface area contributed by atoms with Crippen molar-refractivity contribution in [1.29, 1.82) is 0 Å². The number of para-hydroxylation sites is 1. The van der Waals surface area contributed by atoms with Crippen LogP contribution in [-0.2, 0) is 25.4 Å². The first-order valence-electron chi connectivity index (χ1n) is 8.71. The Morgan fingerprint density at radius 1 is 1.29 bits per heavy atom. The van der Waals surface area contributed by atoms with Gasteiger partial charge >= 0.3 is 5.69 Å². The minimum Gasteiger partial charge on any atom is -0.493 e. The fourth-order valence-corrected chi connectivity index (χ4v) is 3.95. The van der Waals surface area contributed by atoms with Crippen LogP contribution in [-0.4, -0.2) is 31.2 Å². The molecule has 10 heteroatoms. The van der Waals surface area contributed by atoms with E-state index in [9.17, 15) is 14.4 Å². The van der Waals surface area contributed by atoms with Gasteiger partial charge in [0.1, 0.15) is 12.3 Å². The molecule has 9 nitrogen and oxygen atoms in total. The summed E-state index contributed by atoms with van der Waals surface area (Å²) in [5.41, 5.74) is 0.363. The van der Waals surface area contributed by atoms with E-state index in [4.69, 9.17) is 4.74 Å². The van der Waals surface area contributed by atoms with Crippen molar-refractivity contribution in [2.75, 3.05) is 6.61 Å². The second kappa shape index (κ2) is 6.93. The third kappa shape index (κ3) is 2.93. The number of fused-ring (bicyclic) bond motifs is 2. The van der Waals surface area contributed by atoms with Crippen LogP contribution in [0.25, 0.3) is 11.2 Å². The van der Waals surface area contributed by atoms with Gasteiger partial charge in [-0.25, -0.2) is 9.78 Å². The number of hydrogen-bond acceptors (Lipinski definition) is 5. The number of aryl methyl sites for hydroxylation is 1. The molecule has 0 aliphatic carbocycles. The Labute approximate surface area is 167 Å². The van der Waals surface area contributed by atoms with Crippen LogP contribution >= 0.6 is 15.9 Å². The van der Waals surface area contributed by atoms with Crippen molar-refractivity contribution in [2.24, 2.45) is 14.1 Å². The van der Waals surface area contributed by atoms with Crippen LogP contribution < -0.4 is 21.3 Å². The van der Waals surface area contributed by atoms with E-state index in [1.54, 1.807) is 7.05 Å². The Kier molecular flexibility index (Phi) is 4.58. The molecule has 1 aliphatic heterocycles. The zero-order valence-corrected chi connectivity index (χ0v) is 16.9. The first-order valence-corrected chi connectivity index (χ1v) is 9.50. The zero-order chi connectivity index (χ0) is 20.0. The van der Waals surface area contributed by atoms with Crippen LogP contribution in [0.5, 0.6) is 5.75 Å². The number of nitrogens with zero attached hydrogens (tertiary/aromatic N) is 4. The lowest BCUT2D eigenvalue weighted by Gasteiger charge is -2.26. The van der Waals surface area contributed by atoms with Gasteiger partial charge in [0.05, 0.1) is 12.6 Å². The monoisotopic (exact) mass is 447 g/mol. The SMILES string of the molecule is Cn1c(=O)c2nc(Br)n(CC(=O)NC3CCOc4ccccc43)c2n(C)c1=O. The molecule has 1 unspecified atom stereocenters. The number of nitrogens with one attached hydrogen (secondary N) is 1. The maximum atomic E-state index is 12.7. The average molecular weight is 448 g/mol. The molecule has 0 saturated heterocycles. The number of benzene rings is 1. The van der Waals surface area contributed by atoms with Crippen molar-refractivity contribution < 1.29 is 9.53 Å². The minimum atomic E-state index is -0.503. The molecule has 146 valence electrons.